The van der Waals surface area contributed by atoms with E-state index in [9.17, 15) is 9.50 Å². The number of imidazole rings is 1. The highest BCUT2D eigenvalue weighted by Gasteiger charge is 2.33. The Bertz CT molecular complexity index is 1030. The number of nitrogens with zero attached hydrogens (tertiary/aromatic N) is 3. The minimum absolute atomic E-state index is 0.0615. The SMILES string of the molecule is Cc1nccn1CCOc1cccc(CN2CCOCC(O)(COc3ccc(F)cc3)C2)c1. The van der Waals surface area contributed by atoms with Crippen LogP contribution in [0, 0.1) is 12.7 Å². The highest BCUT2D eigenvalue weighted by atomic mass is 19.1. The van der Waals surface area contributed by atoms with Crippen molar-refractivity contribution in [3.63, 3.8) is 0 Å². The van der Waals surface area contributed by atoms with Gasteiger partial charge in [0.15, 0.2) is 0 Å². The summed E-state index contributed by atoms with van der Waals surface area (Å²) in [6.45, 7) is 5.78. The minimum Gasteiger partial charge on any atom is -0.492 e. The van der Waals surface area contributed by atoms with Crippen molar-refractivity contribution in [2.75, 3.05) is 39.5 Å². The summed E-state index contributed by atoms with van der Waals surface area (Å²) in [7, 11) is 0. The Kier molecular flexibility index (Phi) is 7.59. The number of hydrogen-bond donors (Lipinski definition) is 1. The molecule has 1 fully saturated rings. The first kappa shape index (κ1) is 23.2. The van der Waals surface area contributed by atoms with Gasteiger partial charge in [0.1, 0.15) is 42.0 Å². The van der Waals surface area contributed by atoms with E-state index in [0.717, 1.165) is 23.7 Å². The molecule has 3 aromatic rings. The van der Waals surface area contributed by atoms with Crippen LogP contribution in [0.3, 0.4) is 0 Å². The number of hydrogen-bond acceptors (Lipinski definition) is 6. The maximum Gasteiger partial charge on any atom is 0.134 e. The average molecular weight is 456 g/mol. The van der Waals surface area contributed by atoms with Crippen LogP contribution in [0.2, 0.25) is 0 Å². The number of ether oxygens (including phenoxy) is 3. The minimum atomic E-state index is -1.17. The maximum atomic E-state index is 13.1. The molecule has 0 spiro atoms. The Balaban J connectivity index is 1.32. The summed E-state index contributed by atoms with van der Waals surface area (Å²) in [5, 5.41) is 11.1. The van der Waals surface area contributed by atoms with E-state index in [1.807, 2.05) is 37.4 Å². The zero-order chi connectivity index (χ0) is 23.1. The molecular formula is C25H30FN3O4. The molecule has 1 aliphatic rings. The molecular weight excluding hydrogens is 425 g/mol. The molecule has 8 heteroatoms. The summed E-state index contributed by atoms with van der Waals surface area (Å²) in [6, 6.07) is 13.8. The van der Waals surface area contributed by atoms with Crippen molar-refractivity contribution < 1.29 is 23.7 Å². The molecule has 0 radical (unpaired) electrons. The van der Waals surface area contributed by atoms with Crippen molar-refractivity contribution in [1.82, 2.24) is 14.5 Å². The molecule has 1 aromatic heterocycles. The summed E-state index contributed by atoms with van der Waals surface area (Å²) >= 11 is 0. The van der Waals surface area contributed by atoms with E-state index in [2.05, 4.69) is 14.5 Å². The highest BCUT2D eigenvalue weighted by molar-refractivity contribution is 5.28. The van der Waals surface area contributed by atoms with Crippen LogP contribution in [-0.4, -0.2) is 64.7 Å². The number of halogens is 1. The molecule has 1 unspecified atom stereocenters. The first-order chi connectivity index (χ1) is 16.0. The second kappa shape index (κ2) is 10.8. The van der Waals surface area contributed by atoms with Gasteiger partial charge in [-0.3, -0.25) is 4.90 Å². The van der Waals surface area contributed by atoms with Crippen LogP contribution in [0.1, 0.15) is 11.4 Å². The number of aromatic nitrogens is 2. The monoisotopic (exact) mass is 455 g/mol. The van der Waals surface area contributed by atoms with Crippen LogP contribution >= 0.6 is 0 Å². The predicted octanol–water partition coefficient (Wildman–Crippen LogP) is 3.05. The third-order valence-corrected chi connectivity index (χ3v) is 5.59. The summed E-state index contributed by atoms with van der Waals surface area (Å²) < 4.78 is 32.4. The van der Waals surface area contributed by atoms with E-state index in [1.165, 1.54) is 12.1 Å². The number of β-amino-alcohol motifs (C(OH)–C–C–N with tert-alkyl or cyclic N) is 1. The third kappa shape index (κ3) is 6.77. The Morgan fingerprint density at radius 1 is 1.15 bits per heavy atom. The number of rotatable bonds is 9. The Labute approximate surface area is 193 Å². The standard InChI is InChI=1S/C25H30FN3O4/c1-20-27-9-10-29(20)12-14-32-24-4-2-3-21(15-24)16-28-11-13-31-18-25(30,17-28)19-33-23-7-5-22(26)6-8-23/h2-10,15,30H,11-14,16-19H2,1H3. The molecule has 0 bridgehead atoms. The number of aliphatic hydroxyl groups is 1. The van der Waals surface area contributed by atoms with E-state index in [1.54, 1.807) is 18.3 Å². The summed E-state index contributed by atoms with van der Waals surface area (Å²) in [5.41, 5.74) is -0.0724. The van der Waals surface area contributed by atoms with E-state index < -0.39 is 5.60 Å². The molecule has 7 nitrogen and oxygen atoms in total. The summed E-state index contributed by atoms with van der Waals surface area (Å²) in [6.07, 6.45) is 3.73. The van der Waals surface area contributed by atoms with Gasteiger partial charge in [-0.2, -0.15) is 0 Å². The second-order valence-corrected chi connectivity index (χ2v) is 8.39. The van der Waals surface area contributed by atoms with Gasteiger partial charge in [0.05, 0.1) is 19.8 Å². The summed E-state index contributed by atoms with van der Waals surface area (Å²) in [4.78, 5) is 6.37. The molecule has 2 heterocycles. The van der Waals surface area contributed by atoms with Gasteiger partial charge in [-0.05, 0) is 48.9 Å². The molecule has 0 aliphatic carbocycles. The van der Waals surface area contributed by atoms with Gasteiger partial charge in [0, 0.05) is 32.0 Å². The van der Waals surface area contributed by atoms with E-state index in [4.69, 9.17) is 14.2 Å². The molecule has 1 N–H and O–H groups in total. The van der Waals surface area contributed by atoms with Gasteiger partial charge in [0.2, 0.25) is 0 Å². The van der Waals surface area contributed by atoms with Crippen molar-refractivity contribution >= 4 is 0 Å². The van der Waals surface area contributed by atoms with Crippen molar-refractivity contribution in [3.8, 4) is 11.5 Å². The quantitative estimate of drug-likeness (QED) is 0.535. The highest BCUT2D eigenvalue weighted by Crippen LogP contribution is 2.20. The van der Waals surface area contributed by atoms with Crippen LogP contribution in [0.15, 0.2) is 60.9 Å². The molecule has 1 atom stereocenters. The maximum absolute atomic E-state index is 13.1. The lowest BCUT2D eigenvalue weighted by atomic mass is 10.1. The second-order valence-electron chi connectivity index (χ2n) is 8.39. The van der Waals surface area contributed by atoms with Gasteiger partial charge in [-0.15, -0.1) is 0 Å². The Morgan fingerprint density at radius 3 is 2.79 bits per heavy atom. The lowest BCUT2D eigenvalue weighted by Gasteiger charge is -2.30. The first-order valence-corrected chi connectivity index (χ1v) is 11.1. The van der Waals surface area contributed by atoms with Gasteiger partial charge < -0.3 is 23.9 Å². The largest absolute Gasteiger partial charge is 0.492 e. The van der Waals surface area contributed by atoms with Crippen molar-refractivity contribution in [2.24, 2.45) is 0 Å². The fourth-order valence-corrected chi connectivity index (χ4v) is 3.86. The van der Waals surface area contributed by atoms with Crippen LogP contribution in [0.25, 0.3) is 0 Å². The van der Waals surface area contributed by atoms with Crippen molar-refractivity contribution in [2.45, 2.75) is 25.6 Å². The fourth-order valence-electron chi connectivity index (χ4n) is 3.86. The first-order valence-electron chi connectivity index (χ1n) is 11.1. The molecule has 176 valence electrons. The molecule has 33 heavy (non-hydrogen) atoms. The molecule has 1 aliphatic heterocycles. The molecule has 4 rings (SSSR count). The fraction of sp³-hybridized carbons (Fsp3) is 0.400. The van der Waals surface area contributed by atoms with Gasteiger partial charge >= 0.3 is 0 Å². The van der Waals surface area contributed by atoms with E-state index >= 15 is 0 Å². The molecule has 1 saturated heterocycles. The third-order valence-electron chi connectivity index (χ3n) is 5.59. The zero-order valence-electron chi connectivity index (χ0n) is 18.8. The summed E-state index contributed by atoms with van der Waals surface area (Å²) in [5.74, 6) is 1.96. The number of aryl methyl sites for hydroxylation is 1. The smallest absolute Gasteiger partial charge is 0.134 e. The van der Waals surface area contributed by atoms with Gasteiger partial charge in [-0.1, -0.05) is 12.1 Å². The predicted molar refractivity (Wildman–Crippen MR) is 122 cm³/mol. The lowest BCUT2D eigenvalue weighted by molar-refractivity contribution is -0.0646. The van der Waals surface area contributed by atoms with Crippen LogP contribution < -0.4 is 9.47 Å². The van der Waals surface area contributed by atoms with E-state index in [0.29, 0.717) is 38.6 Å². The Hall–Kier alpha value is -2.94. The topological polar surface area (TPSA) is 69.0 Å². The van der Waals surface area contributed by atoms with Crippen LogP contribution in [0.5, 0.6) is 11.5 Å². The van der Waals surface area contributed by atoms with Crippen molar-refractivity contribution in [3.05, 3.63) is 78.1 Å². The Morgan fingerprint density at radius 2 is 2.00 bits per heavy atom. The van der Waals surface area contributed by atoms with Crippen LogP contribution in [-0.2, 0) is 17.8 Å². The van der Waals surface area contributed by atoms with Gasteiger partial charge in [0.25, 0.3) is 0 Å². The van der Waals surface area contributed by atoms with E-state index in [-0.39, 0.29) is 19.0 Å². The molecule has 2 aromatic carbocycles. The lowest BCUT2D eigenvalue weighted by Crippen LogP contribution is -2.48. The normalized spacial score (nSPS) is 19.2. The van der Waals surface area contributed by atoms with Gasteiger partial charge in [-0.25, -0.2) is 9.37 Å². The van der Waals surface area contributed by atoms with Crippen LogP contribution in [0.4, 0.5) is 4.39 Å². The number of benzene rings is 2. The molecule has 0 saturated carbocycles. The molecule has 0 amide bonds. The average Bonchev–Trinajstić information content (AvgIpc) is 3.11. The zero-order valence-corrected chi connectivity index (χ0v) is 18.8. The van der Waals surface area contributed by atoms with Crippen molar-refractivity contribution in [1.29, 1.82) is 0 Å².